The summed E-state index contributed by atoms with van der Waals surface area (Å²) in [5, 5.41) is 29.6. The molecule has 1 saturated heterocycles. The van der Waals surface area contributed by atoms with Gasteiger partial charge in [0, 0.05) is 26.1 Å². The number of phosphoric ester groups is 1. The van der Waals surface area contributed by atoms with Gasteiger partial charge in [0.2, 0.25) is 11.8 Å². The van der Waals surface area contributed by atoms with E-state index in [1.165, 1.54) is 17.2 Å². The highest BCUT2D eigenvalue weighted by atomic mass is 127. The lowest BCUT2D eigenvalue weighted by Gasteiger charge is -2.19. The Kier molecular flexibility index (Phi) is 15.1. The lowest BCUT2D eigenvalue weighted by Crippen LogP contribution is -2.33. The average Bonchev–Trinajstić information content (AvgIpc) is 3.52. The van der Waals surface area contributed by atoms with Gasteiger partial charge in [-0.3, -0.25) is 18.7 Å². The van der Waals surface area contributed by atoms with Crippen LogP contribution in [-0.4, -0.2) is 110 Å². The van der Waals surface area contributed by atoms with Crippen molar-refractivity contribution in [3.63, 3.8) is 0 Å². The second-order valence-electron chi connectivity index (χ2n) is 9.90. The largest absolute Gasteiger partial charge is 0.490 e. The molecule has 0 spiro atoms. The Hall–Kier alpha value is -1.69. The van der Waals surface area contributed by atoms with Crippen LogP contribution >= 0.6 is 46.1 Å². The Morgan fingerprint density at radius 2 is 1.57 bits per heavy atom. The van der Waals surface area contributed by atoms with Crippen molar-refractivity contribution in [1.82, 2.24) is 30.2 Å². The van der Waals surface area contributed by atoms with Crippen molar-refractivity contribution in [3.05, 3.63) is 12.7 Å². The molecule has 22 nitrogen and oxygen atoms in total. The molecule has 0 aliphatic carbocycles. The van der Waals surface area contributed by atoms with Crippen LogP contribution in [-0.2, 0) is 41.2 Å². The summed E-state index contributed by atoms with van der Waals surface area (Å²) >= 11 is 1.94. The number of aromatic nitrogens is 4. The number of hydrogen-bond donors (Lipinski definition) is 9. The van der Waals surface area contributed by atoms with Crippen molar-refractivity contribution < 1.29 is 71.0 Å². The predicted molar refractivity (Wildman–Crippen MR) is 168 cm³/mol. The molecule has 3 rings (SSSR count). The number of aliphatic hydroxyl groups excluding tert-OH is 2. The molecular weight excluding hydrogens is 810 g/mol. The van der Waals surface area contributed by atoms with Crippen LogP contribution in [0, 0.1) is 0 Å². The molecular formula is C21H35IN7O15P3. The number of halogens is 1. The van der Waals surface area contributed by atoms with Crippen molar-refractivity contribution in [1.29, 1.82) is 0 Å². The van der Waals surface area contributed by atoms with Crippen LogP contribution in [0.25, 0.3) is 11.2 Å². The van der Waals surface area contributed by atoms with Crippen molar-refractivity contribution in [2.24, 2.45) is 0 Å². The van der Waals surface area contributed by atoms with E-state index in [-0.39, 0.29) is 23.9 Å². The molecule has 2 aromatic rings. The van der Waals surface area contributed by atoms with E-state index < -0.39 is 54.6 Å². The van der Waals surface area contributed by atoms with Crippen LogP contribution < -0.4 is 16.0 Å². The van der Waals surface area contributed by atoms with Gasteiger partial charge in [-0.25, -0.2) is 28.6 Å². The summed E-state index contributed by atoms with van der Waals surface area (Å²) in [5.74, 6) is 0.140. The molecule has 3 heterocycles. The van der Waals surface area contributed by atoms with E-state index in [2.05, 4.69) is 44.0 Å². The second kappa shape index (κ2) is 17.8. The maximum atomic E-state index is 12.0. The minimum absolute atomic E-state index is 0.114. The highest BCUT2D eigenvalue weighted by Crippen LogP contribution is 2.66. The number of hydrogen-bond acceptors (Lipinski definition) is 15. The summed E-state index contributed by atoms with van der Waals surface area (Å²) in [7, 11) is -16.8. The van der Waals surface area contributed by atoms with Gasteiger partial charge >= 0.3 is 23.5 Å². The maximum Gasteiger partial charge on any atom is 0.490 e. The lowest BCUT2D eigenvalue weighted by atomic mass is 10.1. The minimum atomic E-state index is -5.75. The normalized spacial score (nSPS) is 22.4. The third kappa shape index (κ3) is 12.9. The van der Waals surface area contributed by atoms with Crippen LogP contribution in [0.3, 0.4) is 0 Å². The van der Waals surface area contributed by atoms with E-state index in [1.54, 1.807) is 0 Å². The third-order valence-electron chi connectivity index (χ3n) is 6.30. The molecule has 9 N–H and O–H groups in total. The van der Waals surface area contributed by atoms with Crippen molar-refractivity contribution >= 4 is 74.9 Å². The Morgan fingerprint density at radius 3 is 2.26 bits per heavy atom. The van der Waals surface area contributed by atoms with Gasteiger partial charge in [-0.1, -0.05) is 35.4 Å². The molecule has 26 heteroatoms. The quantitative estimate of drug-likeness (QED) is 0.0361. The van der Waals surface area contributed by atoms with E-state index in [9.17, 15) is 43.3 Å². The molecule has 0 saturated carbocycles. The number of rotatable bonds is 20. The number of ether oxygens (including phenoxy) is 1. The SMILES string of the molecule is O=C(CI)NCCC(=O)NCCCCCCNc1ncnc2c1ncn2[C@@H]1O[C@H](COP(=O)(O)OP(=O)(O)OP(=O)(O)O)[C@@H](O)[C@H]1O. The fraction of sp³-hybridized carbons (Fsp3) is 0.667. The van der Waals surface area contributed by atoms with Gasteiger partial charge in [-0.2, -0.15) is 8.62 Å². The first-order valence-corrected chi connectivity index (χ1v) is 19.9. The van der Waals surface area contributed by atoms with Crippen molar-refractivity contribution in [2.45, 2.75) is 56.6 Å². The van der Waals surface area contributed by atoms with Gasteiger partial charge in [0.25, 0.3) is 0 Å². The highest BCUT2D eigenvalue weighted by Gasteiger charge is 2.47. The minimum Gasteiger partial charge on any atom is -0.387 e. The number of carbonyl (C=O) groups is 2. The third-order valence-corrected chi connectivity index (χ3v) is 10.8. The number of alkyl halides is 1. The van der Waals surface area contributed by atoms with E-state index in [0.717, 1.165) is 25.7 Å². The summed E-state index contributed by atoms with van der Waals surface area (Å²) in [5.41, 5.74) is 0.517. The number of carbonyl (C=O) groups excluding carboxylic acids is 2. The predicted octanol–water partition coefficient (Wildman–Crippen LogP) is -0.181. The first kappa shape index (κ1) is 39.7. The van der Waals surface area contributed by atoms with Crippen LogP contribution in [0.4, 0.5) is 5.82 Å². The van der Waals surface area contributed by atoms with Gasteiger partial charge in [0.05, 0.1) is 17.4 Å². The molecule has 2 unspecified atom stereocenters. The lowest BCUT2D eigenvalue weighted by molar-refractivity contribution is -0.121. The molecule has 6 atom stereocenters. The van der Waals surface area contributed by atoms with Crippen LogP contribution in [0.5, 0.6) is 0 Å². The molecule has 0 aromatic carbocycles. The Balaban J connectivity index is 1.46. The van der Waals surface area contributed by atoms with E-state index in [1.807, 2.05) is 22.6 Å². The average molecular weight is 845 g/mol. The van der Waals surface area contributed by atoms with E-state index in [0.29, 0.717) is 35.4 Å². The number of fused-ring (bicyclic) bond motifs is 1. The van der Waals surface area contributed by atoms with E-state index >= 15 is 0 Å². The number of aliphatic hydroxyl groups is 2. The number of amides is 2. The molecule has 1 aliphatic rings. The first-order chi connectivity index (χ1) is 22.0. The monoisotopic (exact) mass is 845 g/mol. The Labute approximate surface area is 280 Å². The number of imidazole rings is 1. The summed E-state index contributed by atoms with van der Waals surface area (Å²) in [6.07, 6.45) is -0.126. The van der Waals surface area contributed by atoms with Gasteiger partial charge in [-0.15, -0.1) is 0 Å². The van der Waals surface area contributed by atoms with Gasteiger partial charge in [-0.05, 0) is 12.8 Å². The number of phosphoric acid groups is 3. The fourth-order valence-electron chi connectivity index (χ4n) is 4.22. The van der Waals surface area contributed by atoms with Crippen molar-refractivity contribution in [2.75, 3.05) is 36.0 Å². The zero-order chi connectivity index (χ0) is 34.8. The fourth-order valence-corrected chi connectivity index (χ4v) is 7.52. The number of anilines is 1. The maximum absolute atomic E-state index is 12.0. The van der Waals surface area contributed by atoms with Gasteiger partial charge < -0.3 is 50.5 Å². The summed E-state index contributed by atoms with van der Waals surface area (Å²) in [6, 6.07) is 0. The second-order valence-corrected chi connectivity index (χ2v) is 15.1. The molecule has 47 heavy (non-hydrogen) atoms. The van der Waals surface area contributed by atoms with Crippen LogP contribution in [0.1, 0.15) is 38.3 Å². The Bertz CT molecular complexity index is 1510. The summed E-state index contributed by atoms with van der Waals surface area (Å²) < 4.78 is 53.3. The van der Waals surface area contributed by atoms with Gasteiger partial charge in [0.15, 0.2) is 23.2 Å². The standard InChI is InChI=1S/C21H35IN7O15P3/c22-9-15(31)24-8-5-14(30)23-6-3-1-2-4-7-25-19-16-20(27-11-26-19)29(12-28-16)21-18(33)17(32)13(42-21)10-41-46(37,38)44-47(39,40)43-45(34,35)36/h11-13,17-18,21,32-33H,1-10H2,(H,23,30)(H,24,31)(H,37,38)(H,39,40)(H,25,26,27)(H2,34,35,36)/t13-,17-,18-,21-/m1/s1. The van der Waals surface area contributed by atoms with Crippen LogP contribution in [0.15, 0.2) is 12.7 Å². The molecule has 0 radical (unpaired) electrons. The zero-order valence-corrected chi connectivity index (χ0v) is 29.2. The smallest absolute Gasteiger partial charge is 0.387 e. The topological polar surface area (TPSA) is 323 Å². The molecule has 2 amide bonds. The zero-order valence-electron chi connectivity index (χ0n) is 24.4. The molecule has 266 valence electrons. The molecule has 2 aromatic heterocycles. The molecule has 1 aliphatic heterocycles. The summed E-state index contributed by atoms with van der Waals surface area (Å²) in [6.45, 7) is 0.384. The Morgan fingerprint density at radius 1 is 0.894 bits per heavy atom. The number of nitrogens with zero attached hydrogens (tertiary/aromatic N) is 4. The molecule has 1 fully saturated rings. The first-order valence-electron chi connectivity index (χ1n) is 13.8. The van der Waals surface area contributed by atoms with Crippen LogP contribution in [0.2, 0.25) is 0 Å². The van der Waals surface area contributed by atoms with Gasteiger partial charge in [0.1, 0.15) is 24.6 Å². The summed E-state index contributed by atoms with van der Waals surface area (Å²) in [4.78, 5) is 71.7. The number of nitrogens with one attached hydrogen (secondary N) is 3. The van der Waals surface area contributed by atoms with E-state index in [4.69, 9.17) is 14.5 Å². The van der Waals surface area contributed by atoms with Crippen molar-refractivity contribution in [3.8, 4) is 0 Å². The highest BCUT2D eigenvalue weighted by molar-refractivity contribution is 14.1. The number of unbranched alkanes of at least 4 members (excludes halogenated alkanes) is 3. The molecule has 0 bridgehead atoms.